The fourth-order valence-electron chi connectivity index (χ4n) is 4.01. The summed E-state index contributed by atoms with van der Waals surface area (Å²) in [4.78, 5) is 0. The zero-order valence-corrected chi connectivity index (χ0v) is 17.7. The molecule has 7 nitrogen and oxygen atoms in total. The van der Waals surface area contributed by atoms with Crippen molar-refractivity contribution in [2.45, 2.75) is 49.5 Å². The van der Waals surface area contributed by atoms with E-state index in [1.54, 1.807) is 18.2 Å². The fourth-order valence-corrected chi connectivity index (χ4v) is 4.19. The second-order valence-electron chi connectivity index (χ2n) is 8.12. The van der Waals surface area contributed by atoms with Gasteiger partial charge < -0.3 is 34.6 Å². The monoisotopic (exact) mass is 450 g/mol. The molecule has 2 aliphatic rings. The molecule has 4 N–H and O–H groups in total. The number of hydrogen-bond donors (Lipinski definition) is 4. The molecule has 0 amide bonds. The van der Waals surface area contributed by atoms with Crippen LogP contribution in [0.2, 0.25) is 5.02 Å². The molecule has 168 valence electrons. The van der Waals surface area contributed by atoms with E-state index in [1.807, 2.05) is 24.3 Å². The Labute approximate surface area is 185 Å². The molecule has 0 saturated carbocycles. The lowest BCUT2D eigenvalue weighted by molar-refractivity contribution is -0.313. The van der Waals surface area contributed by atoms with Crippen molar-refractivity contribution >= 4 is 11.6 Å². The van der Waals surface area contributed by atoms with Gasteiger partial charge in [0.2, 0.25) is 0 Å². The maximum absolute atomic E-state index is 11.0. The van der Waals surface area contributed by atoms with Crippen LogP contribution in [0, 0.1) is 0 Å². The molecular weight excluding hydrogens is 424 g/mol. The van der Waals surface area contributed by atoms with Crippen LogP contribution in [0.3, 0.4) is 0 Å². The van der Waals surface area contributed by atoms with Crippen LogP contribution in [-0.4, -0.2) is 64.7 Å². The molecule has 4 rings (SSSR count). The van der Waals surface area contributed by atoms with Crippen molar-refractivity contribution in [1.82, 2.24) is 0 Å². The highest BCUT2D eigenvalue weighted by Gasteiger charge is 2.46. The number of ether oxygens (including phenoxy) is 3. The van der Waals surface area contributed by atoms with Crippen molar-refractivity contribution in [3.8, 4) is 5.75 Å². The first-order valence-corrected chi connectivity index (χ1v) is 10.7. The zero-order chi connectivity index (χ0) is 22.0. The fraction of sp³-hybridized carbons (Fsp3) is 0.478. The van der Waals surface area contributed by atoms with Crippen molar-refractivity contribution in [3.05, 3.63) is 64.2 Å². The molecule has 5 atom stereocenters. The molecule has 0 bridgehead atoms. The minimum atomic E-state index is -1.84. The summed E-state index contributed by atoms with van der Waals surface area (Å²) in [5.74, 6) is -1.06. The average molecular weight is 451 g/mol. The number of aliphatic hydroxyl groups excluding tert-OH is 3. The average Bonchev–Trinajstić information content (AvgIpc) is 3.26. The normalized spacial score (nSPS) is 31.0. The van der Waals surface area contributed by atoms with E-state index in [0.29, 0.717) is 23.6 Å². The van der Waals surface area contributed by atoms with E-state index in [-0.39, 0.29) is 12.5 Å². The quantitative estimate of drug-likeness (QED) is 0.531. The summed E-state index contributed by atoms with van der Waals surface area (Å²) in [6.45, 7) is 0.809. The van der Waals surface area contributed by atoms with Crippen molar-refractivity contribution in [3.63, 3.8) is 0 Å². The Morgan fingerprint density at radius 1 is 1.13 bits per heavy atom. The first-order valence-electron chi connectivity index (χ1n) is 10.4. The molecular formula is C23H27ClO7. The predicted octanol–water partition coefficient (Wildman–Crippen LogP) is 1.75. The van der Waals surface area contributed by atoms with E-state index in [0.717, 1.165) is 29.9 Å². The van der Waals surface area contributed by atoms with Gasteiger partial charge in [0.1, 0.15) is 24.1 Å². The topological polar surface area (TPSA) is 109 Å². The molecule has 2 saturated heterocycles. The molecule has 0 spiro atoms. The molecule has 0 radical (unpaired) electrons. The largest absolute Gasteiger partial charge is 0.488 e. The van der Waals surface area contributed by atoms with Gasteiger partial charge in [-0.05, 0) is 41.8 Å². The lowest BCUT2D eigenvalue weighted by atomic mass is 9.89. The van der Waals surface area contributed by atoms with Gasteiger partial charge in [-0.15, -0.1) is 0 Å². The van der Waals surface area contributed by atoms with Crippen LogP contribution in [0.4, 0.5) is 0 Å². The molecule has 2 aliphatic heterocycles. The Bertz CT molecular complexity index is 884. The maximum Gasteiger partial charge on any atom is 0.195 e. The Morgan fingerprint density at radius 3 is 2.58 bits per heavy atom. The number of halogens is 1. The molecule has 2 aromatic rings. The Morgan fingerprint density at radius 2 is 1.90 bits per heavy atom. The molecule has 0 aliphatic carbocycles. The van der Waals surface area contributed by atoms with Gasteiger partial charge in [-0.2, -0.15) is 0 Å². The van der Waals surface area contributed by atoms with Crippen LogP contribution in [-0.2, 0) is 21.7 Å². The molecule has 2 fully saturated rings. The van der Waals surface area contributed by atoms with Crippen LogP contribution < -0.4 is 4.74 Å². The molecule has 0 aromatic heterocycles. The van der Waals surface area contributed by atoms with Crippen molar-refractivity contribution in [2.24, 2.45) is 0 Å². The summed E-state index contributed by atoms with van der Waals surface area (Å²) in [7, 11) is 0. The smallest absolute Gasteiger partial charge is 0.195 e. The first-order chi connectivity index (χ1) is 14.9. The van der Waals surface area contributed by atoms with Crippen LogP contribution in [0.25, 0.3) is 0 Å². The first kappa shape index (κ1) is 22.5. The number of benzene rings is 2. The lowest BCUT2D eigenvalue weighted by Crippen LogP contribution is -2.54. The van der Waals surface area contributed by atoms with E-state index >= 15 is 0 Å². The molecule has 3 unspecified atom stereocenters. The van der Waals surface area contributed by atoms with Gasteiger partial charge in [-0.1, -0.05) is 29.8 Å². The number of hydrogen-bond acceptors (Lipinski definition) is 7. The van der Waals surface area contributed by atoms with Gasteiger partial charge in [-0.25, -0.2) is 0 Å². The van der Waals surface area contributed by atoms with Crippen LogP contribution in [0.5, 0.6) is 5.75 Å². The van der Waals surface area contributed by atoms with Gasteiger partial charge in [0.05, 0.1) is 25.9 Å². The van der Waals surface area contributed by atoms with E-state index in [2.05, 4.69) is 0 Å². The van der Waals surface area contributed by atoms with E-state index in [4.69, 9.17) is 25.8 Å². The third kappa shape index (κ3) is 5.04. The zero-order valence-electron chi connectivity index (χ0n) is 17.0. The van der Waals surface area contributed by atoms with Gasteiger partial charge >= 0.3 is 0 Å². The van der Waals surface area contributed by atoms with E-state index < -0.39 is 30.7 Å². The molecule has 31 heavy (non-hydrogen) atoms. The summed E-state index contributed by atoms with van der Waals surface area (Å²) in [6, 6.07) is 12.7. The lowest BCUT2D eigenvalue weighted by Gasteiger charge is -2.42. The van der Waals surface area contributed by atoms with Crippen molar-refractivity contribution in [1.29, 1.82) is 0 Å². The Kier molecular flexibility index (Phi) is 6.83. The second-order valence-corrected chi connectivity index (χ2v) is 8.52. The third-order valence-electron chi connectivity index (χ3n) is 5.79. The highest BCUT2D eigenvalue weighted by molar-refractivity contribution is 6.31. The minimum Gasteiger partial charge on any atom is -0.488 e. The Hall–Kier alpha value is -1.71. The Balaban J connectivity index is 1.50. The van der Waals surface area contributed by atoms with Crippen LogP contribution in [0.15, 0.2) is 42.5 Å². The summed E-state index contributed by atoms with van der Waals surface area (Å²) >= 11 is 6.39. The van der Waals surface area contributed by atoms with Crippen LogP contribution in [0.1, 0.15) is 29.5 Å². The minimum absolute atomic E-state index is 0.0878. The van der Waals surface area contributed by atoms with Crippen molar-refractivity contribution < 1.29 is 34.6 Å². The molecule has 2 aromatic carbocycles. The van der Waals surface area contributed by atoms with Gasteiger partial charge in [-0.3, -0.25) is 0 Å². The third-order valence-corrected chi connectivity index (χ3v) is 6.16. The summed E-state index contributed by atoms with van der Waals surface area (Å²) < 4.78 is 16.8. The summed E-state index contributed by atoms with van der Waals surface area (Å²) in [5.41, 5.74) is 2.18. The van der Waals surface area contributed by atoms with Gasteiger partial charge in [0.15, 0.2) is 5.79 Å². The summed E-state index contributed by atoms with van der Waals surface area (Å²) in [5, 5.41) is 41.0. The van der Waals surface area contributed by atoms with Crippen molar-refractivity contribution in [2.75, 3.05) is 19.8 Å². The summed E-state index contributed by atoms with van der Waals surface area (Å²) in [6.07, 6.45) is -2.32. The SMILES string of the molecule is OCC1O[C@@](O)(c2ccc(Cl)c(Cc3ccc(OC4CCOC4)cc3)c2)CC(O)[C@@H]1O. The highest BCUT2D eigenvalue weighted by Crippen LogP contribution is 2.37. The number of aliphatic hydroxyl groups is 4. The second kappa shape index (κ2) is 9.42. The molecule has 2 heterocycles. The van der Waals surface area contributed by atoms with E-state index in [1.165, 1.54) is 0 Å². The number of rotatable bonds is 6. The van der Waals surface area contributed by atoms with Gasteiger partial charge in [0.25, 0.3) is 0 Å². The van der Waals surface area contributed by atoms with Gasteiger partial charge in [0, 0.05) is 23.4 Å². The maximum atomic E-state index is 11.0. The molecule has 8 heteroatoms. The highest BCUT2D eigenvalue weighted by atomic mass is 35.5. The van der Waals surface area contributed by atoms with Crippen LogP contribution >= 0.6 is 11.6 Å². The van der Waals surface area contributed by atoms with E-state index in [9.17, 15) is 20.4 Å². The standard InChI is InChI=1S/C23H27ClO7/c24-19-6-3-16(23(28)11-20(26)22(27)21(12-25)31-23)10-15(19)9-14-1-4-17(5-2-14)30-18-7-8-29-13-18/h1-6,10,18,20-22,25-28H,7-9,11-13H2/t18?,20?,21?,22-,23+/m0/s1. The predicted molar refractivity (Wildman–Crippen MR) is 113 cm³/mol.